The van der Waals surface area contributed by atoms with Gasteiger partial charge in [-0.3, -0.25) is 5.41 Å². The molecule has 1 saturated carbocycles. The van der Waals surface area contributed by atoms with Gasteiger partial charge in [0, 0.05) is 24.3 Å². The van der Waals surface area contributed by atoms with E-state index in [-0.39, 0.29) is 5.84 Å². The van der Waals surface area contributed by atoms with Gasteiger partial charge in [-0.25, -0.2) is 0 Å². The zero-order chi connectivity index (χ0) is 12.3. The highest BCUT2D eigenvalue weighted by atomic mass is 15.1. The summed E-state index contributed by atoms with van der Waals surface area (Å²) in [5, 5.41) is 7.63. The minimum atomic E-state index is 0.156. The summed E-state index contributed by atoms with van der Waals surface area (Å²) in [5.74, 6) is 0.156. The third-order valence-corrected chi connectivity index (χ3v) is 3.70. The van der Waals surface area contributed by atoms with E-state index in [1.54, 1.807) is 0 Å². The van der Waals surface area contributed by atoms with Crippen molar-refractivity contribution in [2.45, 2.75) is 38.1 Å². The Morgan fingerprint density at radius 3 is 2.53 bits per heavy atom. The number of anilines is 1. The Balaban J connectivity index is 2.23. The Kier molecular flexibility index (Phi) is 3.67. The number of nitrogens with zero attached hydrogens (tertiary/aromatic N) is 1. The normalized spacial score (nSPS) is 16.8. The zero-order valence-corrected chi connectivity index (χ0v) is 10.4. The summed E-state index contributed by atoms with van der Waals surface area (Å²) in [4.78, 5) is 2.30. The molecule has 0 aliphatic heterocycles. The number of rotatable bonds is 3. The molecule has 0 radical (unpaired) electrons. The predicted octanol–water partition coefficient (Wildman–Crippen LogP) is 2.74. The lowest BCUT2D eigenvalue weighted by atomic mass is 9.93. The Morgan fingerprint density at radius 1 is 1.24 bits per heavy atom. The maximum atomic E-state index is 7.63. The molecule has 0 unspecified atom stereocenters. The van der Waals surface area contributed by atoms with Crippen LogP contribution in [-0.2, 0) is 0 Å². The van der Waals surface area contributed by atoms with Crippen LogP contribution in [0, 0.1) is 5.41 Å². The molecule has 0 bridgehead atoms. The average molecular weight is 231 g/mol. The van der Waals surface area contributed by atoms with Gasteiger partial charge in [0.2, 0.25) is 0 Å². The van der Waals surface area contributed by atoms with Crippen molar-refractivity contribution in [2.75, 3.05) is 11.9 Å². The van der Waals surface area contributed by atoms with Crippen LogP contribution in [0.25, 0.3) is 0 Å². The van der Waals surface area contributed by atoms with Gasteiger partial charge < -0.3 is 10.6 Å². The summed E-state index contributed by atoms with van der Waals surface area (Å²) in [7, 11) is 2.12. The van der Waals surface area contributed by atoms with Crippen molar-refractivity contribution in [2.24, 2.45) is 5.73 Å². The lowest BCUT2D eigenvalue weighted by Gasteiger charge is -2.34. The summed E-state index contributed by atoms with van der Waals surface area (Å²) >= 11 is 0. The van der Waals surface area contributed by atoms with Gasteiger partial charge in [-0.2, -0.15) is 0 Å². The Bertz CT molecular complexity index is 394. The van der Waals surface area contributed by atoms with Crippen LogP contribution in [0.15, 0.2) is 24.3 Å². The third kappa shape index (κ3) is 2.60. The summed E-state index contributed by atoms with van der Waals surface area (Å²) in [6.07, 6.45) is 6.50. The molecule has 0 heterocycles. The fourth-order valence-electron chi connectivity index (χ4n) is 2.67. The summed E-state index contributed by atoms with van der Waals surface area (Å²) in [6, 6.07) is 8.54. The number of hydrogen-bond donors (Lipinski definition) is 2. The van der Waals surface area contributed by atoms with Crippen LogP contribution < -0.4 is 10.6 Å². The highest BCUT2D eigenvalue weighted by Gasteiger charge is 2.20. The molecule has 1 aromatic rings. The molecule has 0 saturated heterocycles. The first kappa shape index (κ1) is 12.0. The molecule has 1 aliphatic carbocycles. The molecule has 0 atom stereocenters. The predicted molar refractivity (Wildman–Crippen MR) is 72.7 cm³/mol. The van der Waals surface area contributed by atoms with Crippen LogP contribution in [-0.4, -0.2) is 18.9 Å². The Labute approximate surface area is 103 Å². The lowest BCUT2D eigenvalue weighted by Crippen LogP contribution is -2.34. The minimum absolute atomic E-state index is 0.156. The van der Waals surface area contributed by atoms with E-state index in [2.05, 4.69) is 18.0 Å². The monoisotopic (exact) mass is 231 g/mol. The molecule has 3 heteroatoms. The molecule has 3 N–H and O–H groups in total. The van der Waals surface area contributed by atoms with Crippen LogP contribution in [0.2, 0.25) is 0 Å². The molecule has 2 rings (SSSR count). The average Bonchev–Trinajstić information content (AvgIpc) is 2.39. The summed E-state index contributed by atoms with van der Waals surface area (Å²) < 4.78 is 0. The highest BCUT2D eigenvalue weighted by molar-refractivity contribution is 6.00. The highest BCUT2D eigenvalue weighted by Crippen LogP contribution is 2.28. The maximum absolute atomic E-state index is 7.63. The molecule has 1 aliphatic rings. The van der Waals surface area contributed by atoms with Gasteiger partial charge in [-0.05, 0) is 25.0 Å². The third-order valence-electron chi connectivity index (χ3n) is 3.70. The SMILES string of the molecule is CN(c1ccccc1C(=N)N)C1CCCCC1. The topological polar surface area (TPSA) is 53.1 Å². The second-order valence-electron chi connectivity index (χ2n) is 4.83. The van der Waals surface area contributed by atoms with Crippen LogP contribution in [0.3, 0.4) is 0 Å². The number of nitrogens with two attached hydrogens (primary N) is 1. The maximum Gasteiger partial charge on any atom is 0.124 e. The van der Waals surface area contributed by atoms with Crippen molar-refractivity contribution < 1.29 is 0 Å². The van der Waals surface area contributed by atoms with E-state index in [0.29, 0.717) is 6.04 Å². The second-order valence-corrected chi connectivity index (χ2v) is 4.83. The van der Waals surface area contributed by atoms with E-state index < -0.39 is 0 Å². The Morgan fingerprint density at radius 2 is 1.88 bits per heavy atom. The van der Waals surface area contributed by atoms with Crippen molar-refractivity contribution in [3.63, 3.8) is 0 Å². The summed E-state index contributed by atoms with van der Waals surface area (Å²) in [6.45, 7) is 0. The molecule has 1 fully saturated rings. The fraction of sp³-hybridized carbons (Fsp3) is 0.500. The van der Waals surface area contributed by atoms with Crippen molar-refractivity contribution in [3.8, 4) is 0 Å². The molecular weight excluding hydrogens is 210 g/mol. The number of para-hydroxylation sites is 1. The van der Waals surface area contributed by atoms with Crippen LogP contribution >= 0.6 is 0 Å². The van der Waals surface area contributed by atoms with Gasteiger partial charge in [0.1, 0.15) is 5.84 Å². The molecule has 92 valence electrons. The molecule has 3 nitrogen and oxygen atoms in total. The van der Waals surface area contributed by atoms with Crippen LogP contribution in [0.5, 0.6) is 0 Å². The second kappa shape index (κ2) is 5.21. The van der Waals surface area contributed by atoms with Crippen molar-refractivity contribution in [3.05, 3.63) is 29.8 Å². The van der Waals surface area contributed by atoms with Gasteiger partial charge in [-0.15, -0.1) is 0 Å². The van der Waals surface area contributed by atoms with E-state index in [9.17, 15) is 0 Å². The minimum Gasteiger partial charge on any atom is -0.384 e. The smallest absolute Gasteiger partial charge is 0.124 e. The standard InChI is InChI=1S/C14H21N3/c1-17(11-7-3-2-4-8-11)13-10-6-5-9-12(13)14(15)16/h5-6,9-11H,2-4,7-8H2,1H3,(H3,15,16). The van der Waals surface area contributed by atoms with E-state index in [0.717, 1.165) is 11.3 Å². The molecule has 0 amide bonds. The van der Waals surface area contributed by atoms with Gasteiger partial charge >= 0.3 is 0 Å². The first-order valence-electron chi connectivity index (χ1n) is 6.36. The number of amidine groups is 1. The first-order valence-corrected chi connectivity index (χ1v) is 6.36. The molecule has 17 heavy (non-hydrogen) atoms. The van der Waals surface area contributed by atoms with E-state index in [1.165, 1.54) is 32.1 Å². The molecule has 1 aromatic carbocycles. The largest absolute Gasteiger partial charge is 0.384 e. The fourth-order valence-corrected chi connectivity index (χ4v) is 2.67. The van der Waals surface area contributed by atoms with Crippen molar-refractivity contribution >= 4 is 11.5 Å². The number of benzene rings is 1. The van der Waals surface area contributed by atoms with E-state index in [1.807, 2.05) is 18.2 Å². The molecule has 0 aromatic heterocycles. The first-order chi connectivity index (χ1) is 8.20. The van der Waals surface area contributed by atoms with Crippen LogP contribution in [0.1, 0.15) is 37.7 Å². The molecule has 0 spiro atoms. The summed E-state index contributed by atoms with van der Waals surface area (Å²) in [5.41, 5.74) is 7.58. The number of nitrogen functional groups attached to an aromatic ring is 1. The van der Waals surface area contributed by atoms with Gasteiger partial charge in [0.25, 0.3) is 0 Å². The van der Waals surface area contributed by atoms with E-state index >= 15 is 0 Å². The lowest BCUT2D eigenvalue weighted by molar-refractivity contribution is 0.427. The van der Waals surface area contributed by atoms with Gasteiger partial charge in [-0.1, -0.05) is 31.4 Å². The number of nitrogens with one attached hydrogen (secondary N) is 1. The van der Waals surface area contributed by atoms with Crippen molar-refractivity contribution in [1.82, 2.24) is 0 Å². The van der Waals surface area contributed by atoms with Gasteiger partial charge in [0.15, 0.2) is 0 Å². The van der Waals surface area contributed by atoms with Gasteiger partial charge in [0.05, 0.1) is 0 Å². The molecular formula is C14H21N3. The van der Waals surface area contributed by atoms with Crippen molar-refractivity contribution in [1.29, 1.82) is 5.41 Å². The van der Waals surface area contributed by atoms with Crippen LogP contribution in [0.4, 0.5) is 5.69 Å². The Hall–Kier alpha value is -1.51. The quantitative estimate of drug-likeness (QED) is 0.621. The van der Waals surface area contributed by atoms with E-state index in [4.69, 9.17) is 11.1 Å². The number of hydrogen-bond acceptors (Lipinski definition) is 2. The zero-order valence-electron chi connectivity index (χ0n) is 10.4.